The first kappa shape index (κ1) is 15.5. The summed E-state index contributed by atoms with van der Waals surface area (Å²) in [7, 11) is 0. The normalized spacial score (nSPS) is 10.5. The summed E-state index contributed by atoms with van der Waals surface area (Å²) in [6.07, 6.45) is 6.42. The molecule has 0 fully saturated rings. The van der Waals surface area contributed by atoms with E-state index in [9.17, 15) is 9.59 Å². The van der Waals surface area contributed by atoms with Gasteiger partial charge >= 0.3 is 6.09 Å². The quantitative estimate of drug-likeness (QED) is 0.800. The van der Waals surface area contributed by atoms with Crippen LogP contribution in [0.4, 0.5) is 4.79 Å². The molecule has 0 atom stereocenters. The van der Waals surface area contributed by atoms with Gasteiger partial charge in [-0.2, -0.15) is 0 Å². The van der Waals surface area contributed by atoms with Crippen molar-refractivity contribution < 1.29 is 9.53 Å². The van der Waals surface area contributed by atoms with Crippen molar-refractivity contribution in [1.29, 1.82) is 0 Å². The van der Waals surface area contributed by atoms with E-state index in [2.05, 4.69) is 15.3 Å². The number of aromatic amines is 1. The molecule has 0 aliphatic carbocycles. The molecule has 0 saturated heterocycles. The van der Waals surface area contributed by atoms with E-state index in [0.717, 1.165) is 5.56 Å². The van der Waals surface area contributed by atoms with Crippen LogP contribution in [0.2, 0.25) is 0 Å². The van der Waals surface area contributed by atoms with Crippen LogP contribution in [-0.4, -0.2) is 22.6 Å². The Hall–Kier alpha value is -2.89. The third-order valence-corrected chi connectivity index (χ3v) is 2.84. The third kappa shape index (κ3) is 5.24. The maximum absolute atomic E-state index is 11.5. The molecule has 0 unspecified atom stereocenters. The fraction of sp³-hybridized carbons (Fsp3) is 0.188. The number of amides is 1. The summed E-state index contributed by atoms with van der Waals surface area (Å²) in [4.78, 5) is 29.2. The number of carbonyl (C=O) groups excluding carboxylic acids is 1. The maximum atomic E-state index is 11.5. The lowest BCUT2D eigenvalue weighted by Crippen LogP contribution is -2.24. The van der Waals surface area contributed by atoms with Gasteiger partial charge in [-0.1, -0.05) is 42.5 Å². The van der Waals surface area contributed by atoms with Crippen LogP contribution in [-0.2, 0) is 11.3 Å². The lowest BCUT2D eigenvalue weighted by atomic mass is 10.2. The van der Waals surface area contributed by atoms with E-state index in [1.807, 2.05) is 30.3 Å². The van der Waals surface area contributed by atoms with Crippen molar-refractivity contribution in [3.05, 3.63) is 70.4 Å². The number of rotatable bonds is 6. The second-order valence-corrected chi connectivity index (χ2v) is 4.52. The Labute approximate surface area is 127 Å². The molecule has 6 heteroatoms. The number of aromatic nitrogens is 2. The van der Waals surface area contributed by atoms with Crippen molar-refractivity contribution in [1.82, 2.24) is 15.3 Å². The highest BCUT2D eigenvalue weighted by Gasteiger charge is 2.00. The SMILES string of the molecule is O=C(NCCC=Cc1cnc[nH]c1=O)OCc1ccccc1. The van der Waals surface area contributed by atoms with Crippen LogP contribution in [0, 0.1) is 0 Å². The Balaban J connectivity index is 1.65. The summed E-state index contributed by atoms with van der Waals surface area (Å²) in [5.41, 5.74) is 1.23. The Bertz CT molecular complexity index is 680. The van der Waals surface area contributed by atoms with E-state index >= 15 is 0 Å². The number of benzene rings is 1. The molecule has 1 heterocycles. The molecule has 2 rings (SSSR count). The van der Waals surface area contributed by atoms with Crippen molar-refractivity contribution in [3.63, 3.8) is 0 Å². The van der Waals surface area contributed by atoms with E-state index in [-0.39, 0.29) is 12.2 Å². The van der Waals surface area contributed by atoms with Gasteiger partial charge in [0.25, 0.3) is 5.56 Å². The first-order chi connectivity index (χ1) is 10.8. The first-order valence-corrected chi connectivity index (χ1v) is 6.89. The van der Waals surface area contributed by atoms with Crippen LogP contribution < -0.4 is 10.9 Å². The van der Waals surface area contributed by atoms with Gasteiger partial charge in [-0.15, -0.1) is 0 Å². The molecule has 0 aliphatic rings. The van der Waals surface area contributed by atoms with Crippen LogP contribution in [0.1, 0.15) is 17.5 Å². The van der Waals surface area contributed by atoms with Gasteiger partial charge < -0.3 is 15.0 Å². The summed E-state index contributed by atoms with van der Waals surface area (Å²) in [6.45, 7) is 0.676. The predicted octanol–water partition coefficient (Wildman–Crippen LogP) is 2.10. The van der Waals surface area contributed by atoms with Crippen LogP contribution in [0.5, 0.6) is 0 Å². The molecule has 0 saturated carbocycles. The van der Waals surface area contributed by atoms with Crippen LogP contribution in [0.3, 0.4) is 0 Å². The molecule has 1 amide bonds. The van der Waals surface area contributed by atoms with Gasteiger partial charge in [-0.3, -0.25) is 4.79 Å². The average molecular weight is 299 g/mol. The Morgan fingerprint density at radius 3 is 2.91 bits per heavy atom. The second kappa shape index (κ2) is 8.41. The molecule has 2 N–H and O–H groups in total. The molecule has 0 aliphatic heterocycles. The minimum atomic E-state index is -0.462. The van der Waals surface area contributed by atoms with E-state index < -0.39 is 6.09 Å². The minimum Gasteiger partial charge on any atom is -0.445 e. The van der Waals surface area contributed by atoms with Crippen molar-refractivity contribution in [2.75, 3.05) is 6.54 Å². The number of hydrogen-bond donors (Lipinski definition) is 2. The number of nitrogens with one attached hydrogen (secondary N) is 2. The van der Waals surface area contributed by atoms with Crippen LogP contribution in [0.15, 0.2) is 53.7 Å². The average Bonchev–Trinajstić information content (AvgIpc) is 2.55. The van der Waals surface area contributed by atoms with Crippen LogP contribution in [0.25, 0.3) is 6.08 Å². The largest absolute Gasteiger partial charge is 0.445 e. The summed E-state index contributed by atoms with van der Waals surface area (Å²) >= 11 is 0. The number of alkyl carbamates (subject to hydrolysis) is 1. The molecule has 22 heavy (non-hydrogen) atoms. The molecule has 1 aromatic carbocycles. The highest BCUT2D eigenvalue weighted by Crippen LogP contribution is 2.00. The third-order valence-electron chi connectivity index (χ3n) is 2.84. The standard InChI is InChI=1S/C16H17N3O3/c20-15-14(10-17-12-19-15)8-4-5-9-18-16(21)22-11-13-6-2-1-3-7-13/h1-4,6-8,10,12H,5,9,11H2,(H,18,21)(H,17,19,20). The number of ether oxygens (including phenoxy) is 1. The van der Waals surface area contributed by atoms with Gasteiger partial charge in [-0.25, -0.2) is 9.78 Å². The summed E-state index contributed by atoms with van der Waals surface area (Å²) in [5, 5.41) is 2.64. The molecule has 0 bridgehead atoms. The molecule has 0 radical (unpaired) electrons. The zero-order valence-electron chi connectivity index (χ0n) is 12.0. The zero-order valence-corrected chi connectivity index (χ0v) is 12.0. The van der Waals surface area contributed by atoms with Gasteiger partial charge in [0, 0.05) is 12.7 Å². The fourth-order valence-electron chi connectivity index (χ4n) is 1.72. The van der Waals surface area contributed by atoms with E-state index in [0.29, 0.717) is 18.5 Å². The van der Waals surface area contributed by atoms with Crippen molar-refractivity contribution in [3.8, 4) is 0 Å². The monoisotopic (exact) mass is 299 g/mol. The van der Waals surface area contributed by atoms with E-state index in [1.54, 1.807) is 12.2 Å². The molecule has 1 aromatic heterocycles. The van der Waals surface area contributed by atoms with Crippen molar-refractivity contribution >= 4 is 12.2 Å². The number of nitrogens with zero attached hydrogens (tertiary/aromatic N) is 1. The van der Waals surface area contributed by atoms with E-state index in [4.69, 9.17) is 4.74 Å². The van der Waals surface area contributed by atoms with Crippen LogP contribution >= 0.6 is 0 Å². The zero-order chi connectivity index (χ0) is 15.6. The molecule has 0 spiro atoms. The summed E-state index contributed by atoms with van der Waals surface area (Å²) < 4.78 is 5.07. The lowest BCUT2D eigenvalue weighted by molar-refractivity contribution is 0.140. The lowest BCUT2D eigenvalue weighted by Gasteiger charge is -2.05. The van der Waals surface area contributed by atoms with Gasteiger partial charge in [0.2, 0.25) is 0 Å². The number of carbonyl (C=O) groups is 1. The van der Waals surface area contributed by atoms with E-state index in [1.165, 1.54) is 12.5 Å². The minimum absolute atomic E-state index is 0.193. The Morgan fingerprint density at radius 2 is 2.14 bits per heavy atom. The summed E-state index contributed by atoms with van der Waals surface area (Å²) in [6, 6.07) is 9.47. The molecular weight excluding hydrogens is 282 g/mol. The second-order valence-electron chi connectivity index (χ2n) is 4.52. The highest BCUT2D eigenvalue weighted by molar-refractivity contribution is 5.67. The Morgan fingerprint density at radius 1 is 1.32 bits per heavy atom. The predicted molar refractivity (Wildman–Crippen MR) is 83.1 cm³/mol. The Kier molecular flexibility index (Phi) is 5.92. The maximum Gasteiger partial charge on any atom is 0.407 e. The van der Waals surface area contributed by atoms with Gasteiger partial charge in [0.15, 0.2) is 0 Å². The van der Waals surface area contributed by atoms with Gasteiger partial charge in [0.1, 0.15) is 6.61 Å². The van der Waals surface area contributed by atoms with Crippen molar-refractivity contribution in [2.45, 2.75) is 13.0 Å². The van der Waals surface area contributed by atoms with Gasteiger partial charge in [0.05, 0.1) is 11.9 Å². The topological polar surface area (TPSA) is 84.1 Å². The van der Waals surface area contributed by atoms with Gasteiger partial charge in [-0.05, 0) is 12.0 Å². The molecule has 2 aromatic rings. The number of H-pyrrole nitrogens is 1. The summed E-state index contributed by atoms with van der Waals surface area (Å²) in [5.74, 6) is 0. The molecular formula is C16H17N3O3. The first-order valence-electron chi connectivity index (χ1n) is 6.89. The highest BCUT2D eigenvalue weighted by atomic mass is 16.5. The smallest absolute Gasteiger partial charge is 0.407 e. The molecule has 114 valence electrons. The van der Waals surface area contributed by atoms with Crippen molar-refractivity contribution in [2.24, 2.45) is 0 Å². The number of hydrogen-bond acceptors (Lipinski definition) is 4. The molecule has 6 nitrogen and oxygen atoms in total. The fourth-order valence-corrected chi connectivity index (χ4v) is 1.72.